The number of morpholine rings is 1. The Balaban J connectivity index is 2.64. The van der Waals surface area contributed by atoms with Crippen molar-refractivity contribution in [2.45, 2.75) is 6.04 Å². The van der Waals surface area contributed by atoms with Gasteiger partial charge >= 0.3 is 0 Å². The molecule has 12 heavy (non-hydrogen) atoms. The summed E-state index contributed by atoms with van der Waals surface area (Å²) in [6.45, 7) is 9.19. The Labute approximate surface area is 72.3 Å². The lowest BCUT2D eigenvalue weighted by Gasteiger charge is -2.32. The number of ether oxygens (including phenoxy) is 1. The second-order valence-corrected chi connectivity index (χ2v) is 2.71. The lowest BCUT2D eigenvalue weighted by Crippen LogP contribution is -2.45. The van der Waals surface area contributed by atoms with Crippen molar-refractivity contribution in [3.63, 3.8) is 0 Å². The largest absolute Gasteiger partial charge is 0.377 e. The zero-order valence-electron chi connectivity index (χ0n) is 7.03. The van der Waals surface area contributed by atoms with Crippen LogP contribution in [0.2, 0.25) is 0 Å². The van der Waals surface area contributed by atoms with Crippen LogP contribution in [0.3, 0.4) is 0 Å². The first-order valence-electron chi connectivity index (χ1n) is 3.89. The maximum Gasteiger partial charge on any atom is 0.210 e. The van der Waals surface area contributed by atoms with Crippen LogP contribution in [-0.2, 0) is 9.53 Å². The summed E-state index contributed by atoms with van der Waals surface area (Å²) in [7, 11) is 0. The third-order valence-electron chi connectivity index (χ3n) is 2.00. The molecule has 3 heteroatoms. The molecule has 1 amide bonds. The Bertz CT molecular complexity index is 201. The van der Waals surface area contributed by atoms with Gasteiger partial charge in [0.15, 0.2) is 0 Å². The van der Waals surface area contributed by atoms with Gasteiger partial charge in [-0.15, -0.1) is 0 Å². The molecule has 0 bridgehead atoms. The molecule has 0 unspecified atom stereocenters. The molecule has 1 aliphatic rings. The van der Waals surface area contributed by atoms with E-state index in [9.17, 15) is 4.79 Å². The van der Waals surface area contributed by atoms with E-state index in [1.54, 1.807) is 11.0 Å². The van der Waals surface area contributed by atoms with Crippen LogP contribution < -0.4 is 0 Å². The second-order valence-electron chi connectivity index (χ2n) is 2.71. The molecule has 0 aliphatic carbocycles. The third-order valence-corrected chi connectivity index (χ3v) is 2.00. The van der Waals surface area contributed by atoms with E-state index in [-0.39, 0.29) is 6.04 Å². The number of hydrogen-bond donors (Lipinski definition) is 0. The summed E-state index contributed by atoms with van der Waals surface area (Å²) in [5, 5.41) is 0. The summed E-state index contributed by atoms with van der Waals surface area (Å²) in [4.78, 5) is 12.3. The minimum Gasteiger partial charge on any atom is -0.377 e. The van der Waals surface area contributed by atoms with E-state index in [0.717, 1.165) is 12.0 Å². The first kappa shape index (κ1) is 9.00. The average molecular weight is 167 g/mol. The molecule has 0 aromatic heterocycles. The molecule has 1 fully saturated rings. The third kappa shape index (κ3) is 1.74. The quantitative estimate of drug-likeness (QED) is 0.454. The highest BCUT2D eigenvalue weighted by Gasteiger charge is 2.22. The van der Waals surface area contributed by atoms with Crippen LogP contribution >= 0.6 is 0 Å². The topological polar surface area (TPSA) is 29.5 Å². The second kappa shape index (κ2) is 4.07. The van der Waals surface area contributed by atoms with Crippen LogP contribution in [0.1, 0.15) is 0 Å². The molecule has 66 valence electrons. The predicted molar refractivity (Wildman–Crippen MR) is 46.7 cm³/mol. The molecule has 0 saturated carbocycles. The van der Waals surface area contributed by atoms with Crippen molar-refractivity contribution in [3.8, 4) is 0 Å². The Kier molecular flexibility index (Phi) is 3.05. The van der Waals surface area contributed by atoms with Gasteiger partial charge in [0.2, 0.25) is 6.41 Å². The lowest BCUT2D eigenvalue weighted by atomic mass is 10.1. The Morgan fingerprint density at radius 2 is 2.42 bits per heavy atom. The maximum atomic E-state index is 10.6. The fourth-order valence-corrected chi connectivity index (χ4v) is 1.20. The Morgan fingerprint density at radius 3 is 3.00 bits per heavy atom. The number of rotatable bonds is 3. The van der Waals surface area contributed by atoms with Gasteiger partial charge in [0.1, 0.15) is 0 Å². The molecule has 1 heterocycles. The van der Waals surface area contributed by atoms with Gasteiger partial charge in [0.05, 0.1) is 19.3 Å². The molecular formula is C9H13NO2. The van der Waals surface area contributed by atoms with Crippen molar-refractivity contribution in [2.75, 3.05) is 19.8 Å². The summed E-state index contributed by atoms with van der Waals surface area (Å²) in [6.07, 6.45) is 2.50. The smallest absolute Gasteiger partial charge is 0.210 e. The molecule has 1 rings (SSSR count). The average Bonchev–Trinajstić information content (AvgIpc) is 2.16. The van der Waals surface area contributed by atoms with Gasteiger partial charge in [-0.3, -0.25) is 4.79 Å². The predicted octanol–water partition coefficient (Wildman–Crippen LogP) is 0.586. The van der Waals surface area contributed by atoms with Gasteiger partial charge in [-0.2, -0.15) is 0 Å². The summed E-state index contributed by atoms with van der Waals surface area (Å²) in [6, 6.07) is -0.0197. The highest BCUT2D eigenvalue weighted by molar-refractivity contribution is 5.50. The van der Waals surface area contributed by atoms with Gasteiger partial charge in [-0.05, 0) is 5.57 Å². The van der Waals surface area contributed by atoms with Crippen molar-refractivity contribution in [3.05, 3.63) is 24.8 Å². The lowest BCUT2D eigenvalue weighted by molar-refractivity contribution is -0.124. The van der Waals surface area contributed by atoms with E-state index in [0.29, 0.717) is 19.8 Å². The van der Waals surface area contributed by atoms with Crippen molar-refractivity contribution < 1.29 is 9.53 Å². The van der Waals surface area contributed by atoms with Gasteiger partial charge in [0.25, 0.3) is 0 Å². The number of carbonyl (C=O) groups excluding carboxylic acids is 1. The normalized spacial score (nSPS) is 23.3. The standard InChI is InChI=1S/C9H13NO2/c1-3-8(2)9-6-12-5-4-10(9)7-11/h3,7,9H,1-2,4-6H2/t9-/m1/s1. The summed E-state index contributed by atoms with van der Waals surface area (Å²) < 4.78 is 5.23. The van der Waals surface area contributed by atoms with Crippen LogP contribution in [0.25, 0.3) is 0 Å². The molecule has 0 N–H and O–H groups in total. The van der Waals surface area contributed by atoms with Crippen molar-refractivity contribution in [2.24, 2.45) is 0 Å². The van der Waals surface area contributed by atoms with Crippen LogP contribution in [0.4, 0.5) is 0 Å². The van der Waals surface area contributed by atoms with Crippen LogP contribution in [0.15, 0.2) is 24.8 Å². The molecule has 1 aliphatic heterocycles. The minimum absolute atomic E-state index is 0.0197. The summed E-state index contributed by atoms with van der Waals surface area (Å²) >= 11 is 0. The molecule has 0 spiro atoms. The number of carbonyl (C=O) groups is 1. The SMILES string of the molecule is C=CC(=C)[C@H]1COCCN1C=O. The summed E-state index contributed by atoms with van der Waals surface area (Å²) in [5.74, 6) is 0. The number of nitrogens with zero attached hydrogens (tertiary/aromatic N) is 1. The van der Waals surface area contributed by atoms with Gasteiger partial charge in [-0.25, -0.2) is 0 Å². The Hall–Kier alpha value is -1.09. The van der Waals surface area contributed by atoms with Gasteiger partial charge < -0.3 is 9.64 Å². The highest BCUT2D eigenvalue weighted by atomic mass is 16.5. The van der Waals surface area contributed by atoms with Crippen LogP contribution in [0.5, 0.6) is 0 Å². The van der Waals surface area contributed by atoms with Crippen molar-refractivity contribution >= 4 is 6.41 Å². The molecule has 0 aromatic rings. The number of amides is 1. The highest BCUT2D eigenvalue weighted by Crippen LogP contribution is 2.12. The molecule has 1 saturated heterocycles. The fraction of sp³-hybridized carbons (Fsp3) is 0.444. The molecule has 0 radical (unpaired) electrons. The zero-order valence-corrected chi connectivity index (χ0v) is 7.03. The van der Waals surface area contributed by atoms with E-state index in [2.05, 4.69) is 13.2 Å². The van der Waals surface area contributed by atoms with Crippen molar-refractivity contribution in [1.29, 1.82) is 0 Å². The first-order valence-corrected chi connectivity index (χ1v) is 3.89. The van der Waals surface area contributed by atoms with E-state index >= 15 is 0 Å². The van der Waals surface area contributed by atoms with Gasteiger partial charge in [-0.1, -0.05) is 19.2 Å². The molecular weight excluding hydrogens is 154 g/mol. The zero-order chi connectivity index (χ0) is 8.97. The van der Waals surface area contributed by atoms with Crippen LogP contribution in [0, 0.1) is 0 Å². The Morgan fingerprint density at radius 1 is 1.67 bits per heavy atom. The monoisotopic (exact) mass is 167 g/mol. The number of hydrogen-bond acceptors (Lipinski definition) is 2. The molecule has 1 atom stereocenters. The van der Waals surface area contributed by atoms with E-state index < -0.39 is 0 Å². The molecule has 3 nitrogen and oxygen atoms in total. The minimum atomic E-state index is -0.0197. The van der Waals surface area contributed by atoms with E-state index in [1.807, 2.05) is 0 Å². The van der Waals surface area contributed by atoms with E-state index in [1.165, 1.54) is 0 Å². The van der Waals surface area contributed by atoms with Gasteiger partial charge in [0, 0.05) is 6.54 Å². The van der Waals surface area contributed by atoms with Crippen molar-refractivity contribution in [1.82, 2.24) is 4.90 Å². The van der Waals surface area contributed by atoms with E-state index in [4.69, 9.17) is 4.74 Å². The fourth-order valence-electron chi connectivity index (χ4n) is 1.20. The maximum absolute atomic E-state index is 10.6. The molecule has 0 aromatic carbocycles. The van der Waals surface area contributed by atoms with Crippen LogP contribution in [-0.4, -0.2) is 37.1 Å². The first-order chi connectivity index (χ1) is 5.79. The summed E-state index contributed by atoms with van der Waals surface area (Å²) in [5.41, 5.74) is 0.835.